The van der Waals surface area contributed by atoms with Gasteiger partial charge in [0.1, 0.15) is 0 Å². The van der Waals surface area contributed by atoms with E-state index < -0.39 is 0 Å². The minimum Gasteiger partial charge on any atom is -0.312 e. The summed E-state index contributed by atoms with van der Waals surface area (Å²) < 4.78 is 0. The lowest BCUT2D eigenvalue weighted by molar-refractivity contribution is 0.307. The molecule has 0 heterocycles. The van der Waals surface area contributed by atoms with E-state index in [1.165, 1.54) is 4.90 Å². The molecule has 3 heteroatoms. The quantitative estimate of drug-likeness (QED) is 0.630. The standard InChI is InChI=1S/C12H20N2S/c1-9(2)15-11-7-5-10(6-8-11)12(13)14(3)4/h5-9,12H,13H2,1-4H3. The average molecular weight is 224 g/mol. The molecule has 1 rings (SSSR count). The normalized spacial score (nSPS) is 13.5. The molecule has 2 nitrogen and oxygen atoms in total. The first-order chi connectivity index (χ1) is 7.00. The minimum absolute atomic E-state index is 0.0110. The van der Waals surface area contributed by atoms with Gasteiger partial charge in [0, 0.05) is 10.1 Å². The first kappa shape index (κ1) is 12.6. The van der Waals surface area contributed by atoms with Crippen LogP contribution in [0.15, 0.2) is 29.2 Å². The van der Waals surface area contributed by atoms with Crippen molar-refractivity contribution in [2.75, 3.05) is 14.1 Å². The number of thioether (sulfide) groups is 1. The number of nitrogens with two attached hydrogens (primary N) is 1. The second kappa shape index (κ2) is 5.54. The summed E-state index contributed by atoms with van der Waals surface area (Å²) in [7, 11) is 3.98. The first-order valence-corrected chi connectivity index (χ1v) is 6.07. The van der Waals surface area contributed by atoms with Gasteiger partial charge in [0.2, 0.25) is 0 Å². The third kappa shape index (κ3) is 3.86. The Balaban J connectivity index is 2.72. The molecule has 0 saturated carbocycles. The van der Waals surface area contributed by atoms with Gasteiger partial charge >= 0.3 is 0 Å². The van der Waals surface area contributed by atoms with Gasteiger partial charge in [-0.1, -0.05) is 26.0 Å². The molecular formula is C12H20N2S. The van der Waals surface area contributed by atoms with Crippen molar-refractivity contribution in [3.8, 4) is 0 Å². The molecule has 1 atom stereocenters. The molecule has 84 valence electrons. The van der Waals surface area contributed by atoms with Crippen LogP contribution in [0.2, 0.25) is 0 Å². The molecule has 1 unspecified atom stereocenters. The molecule has 2 N–H and O–H groups in total. The van der Waals surface area contributed by atoms with Gasteiger partial charge in [0.15, 0.2) is 0 Å². The summed E-state index contributed by atoms with van der Waals surface area (Å²) in [5.74, 6) is 0. The fourth-order valence-electron chi connectivity index (χ4n) is 1.31. The van der Waals surface area contributed by atoms with Crippen molar-refractivity contribution in [3.63, 3.8) is 0 Å². The molecule has 0 aromatic heterocycles. The van der Waals surface area contributed by atoms with Crippen molar-refractivity contribution >= 4 is 11.8 Å². The smallest absolute Gasteiger partial charge is 0.0830 e. The highest BCUT2D eigenvalue weighted by molar-refractivity contribution is 7.99. The van der Waals surface area contributed by atoms with E-state index in [2.05, 4.69) is 38.1 Å². The predicted octanol–water partition coefficient (Wildman–Crippen LogP) is 2.71. The fourth-order valence-corrected chi connectivity index (χ4v) is 2.15. The van der Waals surface area contributed by atoms with Crippen molar-refractivity contribution in [2.45, 2.75) is 30.2 Å². The maximum atomic E-state index is 6.01. The summed E-state index contributed by atoms with van der Waals surface area (Å²) in [4.78, 5) is 3.31. The van der Waals surface area contributed by atoms with Crippen LogP contribution in [-0.2, 0) is 0 Å². The second-order valence-corrected chi connectivity index (χ2v) is 5.79. The lowest BCUT2D eigenvalue weighted by atomic mass is 10.2. The van der Waals surface area contributed by atoms with Crippen LogP contribution in [0, 0.1) is 0 Å². The molecule has 0 spiro atoms. The number of hydrogen-bond acceptors (Lipinski definition) is 3. The van der Waals surface area contributed by atoms with E-state index in [1.807, 2.05) is 30.8 Å². The summed E-state index contributed by atoms with van der Waals surface area (Å²) in [5.41, 5.74) is 7.17. The molecule has 0 aliphatic rings. The van der Waals surface area contributed by atoms with Crippen LogP contribution in [0.1, 0.15) is 25.6 Å². The zero-order valence-corrected chi connectivity index (χ0v) is 10.7. The van der Waals surface area contributed by atoms with E-state index in [-0.39, 0.29) is 6.17 Å². The molecule has 0 bridgehead atoms. The Labute approximate surface area is 96.8 Å². The van der Waals surface area contributed by atoms with E-state index in [1.54, 1.807) is 0 Å². The maximum Gasteiger partial charge on any atom is 0.0830 e. The van der Waals surface area contributed by atoms with E-state index >= 15 is 0 Å². The van der Waals surface area contributed by atoms with Crippen molar-refractivity contribution in [1.29, 1.82) is 0 Å². The van der Waals surface area contributed by atoms with Gasteiger partial charge in [-0.15, -0.1) is 11.8 Å². The van der Waals surface area contributed by atoms with Crippen LogP contribution >= 0.6 is 11.8 Å². The molecular weight excluding hydrogens is 204 g/mol. The van der Waals surface area contributed by atoms with Crippen molar-refractivity contribution in [1.82, 2.24) is 4.90 Å². The maximum absolute atomic E-state index is 6.01. The Bertz CT molecular complexity index is 293. The molecule has 0 radical (unpaired) electrons. The molecule has 0 aliphatic carbocycles. The molecule has 1 aromatic rings. The first-order valence-electron chi connectivity index (χ1n) is 5.19. The Morgan fingerprint density at radius 3 is 2.07 bits per heavy atom. The molecule has 15 heavy (non-hydrogen) atoms. The number of hydrogen-bond donors (Lipinski definition) is 1. The molecule has 0 saturated heterocycles. The number of rotatable bonds is 4. The van der Waals surface area contributed by atoms with Crippen LogP contribution in [-0.4, -0.2) is 24.2 Å². The van der Waals surface area contributed by atoms with Gasteiger partial charge < -0.3 is 5.73 Å². The summed E-state index contributed by atoms with van der Waals surface area (Å²) in [5, 5.41) is 0.623. The topological polar surface area (TPSA) is 29.3 Å². The fraction of sp³-hybridized carbons (Fsp3) is 0.500. The van der Waals surface area contributed by atoms with Gasteiger partial charge in [-0.05, 0) is 31.8 Å². The number of benzene rings is 1. The zero-order chi connectivity index (χ0) is 11.4. The summed E-state index contributed by atoms with van der Waals surface area (Å²) >= 11 is 1.87. The van der Waals surface area contributed by atoms with E-state index in [4.69, 9.17) is 5.73 Å². The van der Waals surface area contributed by atoms with Crippen molar-refractivity contribution in [3.05, 3.63) is 29.8 Å². The molecule has 0 amide bonds. The highest BCUT2D eigenvalue weighted by atomic mass is 32.2. The number of nitrogens with zero attached hydrogens (tertiary/aromatic N) is 1. The van der Waals surface area contributed by atoms with E-state index in [0.29, 0.717) is 5.25 Å². The zero-order valence-electron chi connectivity index (χ0n) is 9.90. The molecule has 0 aliphatic heterocycles. The van der Waals surface area contributed by atoms with Crippen LogP contribution in [0.5, 0.6) is 0 Å². The van der Waals surface area contributed by atoms with Crippen LogP contribution in [0.4, 0.5) is 0 Å². The van der Waals surface area contributed by atoms with E-state index in [9.17, 15) is 0 Å². The Morgan fingerprint density at radius 2 is 1.67 bits per heavy atom. The lowest BCUT2D eigenvalue weighted by Gasteiger charge is -2.20. The van der Waals surface area contributed by atoms with Crippen LogP contribution in [0.3, 0.4) is 0 Å². The molecule has 0 fully saturated rings. The van der Waals surface area contributed by atoms with E-state index in [0.717, 1.165) is 5.56 Å². The van der Waals surface area contributed by atoms with Gasteiger partial charge in [-0.3, -0.25) is 4.90 Å². The SMILES string of the molecule is CC(C)Sc1ccc(C(N)N(C)C)cc1. The van der Waals surface area contributed by atoms with Gasteiger partial charge in [0.05, 0.1) is 6.17 Å². The largest absolute Gasteiger partial charge is 0.312 e. The van der Waals surface area contributed by atoms with Gasteiger partial charge in [-0.25, -0.2) is 0 Å². The lowest BCUT2D eigenvalue weighted by Crippen LogP contribution is -2.27. The van der Waals surface area contributed by atoms with Crippen molar-refractivity contribution < 1.29 is 0 Å². The summed E-state index contributed by atoms with van der Waals surface area (Å²) in [6, 6.07) is 8.50. The highest BCUT2D eigenvalue weighted by Gasteiger charge is 2.07. The third-order valence-electron chi connectivity index (χ3n) is 2.15. The van der Waals surface area contributed by atoms with Crippen LogP contribution < -0.4 is 5.73 Å². The predicted molar refractivity (Wildman–Crippen MR) is 68.1 cm³/mol. The van der Waals surface area contributed by atoms with Crippen LogP contribution in [0.25, 0.3) is 0 Å². The Kier molecular flexibility index (Phi) is 4.64. The second-order valence-electron chi connectivity index (χ2n) is 4.14. The summed E-state index contributed by atoms with van der Waals surface area (Å²) in [6.07, 6.45) is -0.0110. The summed E-state index contributed by atoms with van der Waals surface area (Å²) in [6.45, 7) is 4.40. The average Bonchev–Trinajstić information content (AvgIpc) is 2.17. The highest BCUT2D eigenvalue weighted by Crippen LogP contribution is 2.24. The van der Waals surface area contributed by atoms with Gasteiger partial charge in [-0.2, -0.15) is 0 Å². The Hall–Kier alpha value is -0.510. The van der Waals surface area contributed by atoms with Gasteiger partial charge in [0.25, 0.3) is 0 Å². The third-order valence-corrected chi connectivity index (χ3v) is 3.17. The Morgan fingerprint density at radius 1 is 1.13 bits per heavy atom. The molecule has 1 aromatic carbocycles. The van der Waals surface area contributed by atoms with Crippen molar-refractivity contribution in [2.24, 2.45) is 5.73 Å². The monoisotopic (exact) mass is 224 g/mol. The minimum atomic E-state index is -0.0110.